The van der Waals surface area contributed by atoms with E-state index in [2.05, 4.69) is 10.3 Å². The normalized spacial score (nSPS) is 12.0. The third kappa shape index (κ3) is 3.15. The number of carbonyl (C=O) groups is 1. The SMILES string of the molecule is O=C(N[C@H](c1ccccc1)c1cc2ccccc2o1)c1cccnc1. The second-order valence-electron chi connectivity index (χ2n) is 5.75. The first-order valence-corrected chi connectivity index (χ1v) is 8.05. The van der Waals surface area contributed by atoms with Crippen LogP contribution in [0.3, 0.4) is 0 Å². The second-order valence-corrected chi connectivity index (χ2v) is 5.75. The third-order valence-corrected chi connectivity index (χ3v) is 4.06. The molecule has 4 nitrogen and oxygen atoms in total. The molecule has 0 bridgehead atoms. The highest BCUT2D eigenvalue weighted by atomic mass is 16.3. The number of carbonyl (C=O) groups excluding carboxylic acids is 1. The average molecular weight is 328 g/mol. The van der Waals surface area contributed by atoms with Gasteiger partial charge >= 0.3 is 0 Å². The molecule has 0 unspecified atom stereocenters. The number of benzene rings is 2. The number of fused-ring (bicyclic) bond motifs is 1. The van der Waals surface area contributed by atoms with Crippen LogP contribution in [0, 0.1) is 0 Å². The highest BCUT2D eigenvalue weighted by Crippen LogP contribution is 2.28. The van der Waals surface area contributed by atoms with Crippen molar-refractivity contribution in [3.63, 3.8) is 0 Å². The number of hydrogen-bond acceptors (Lipinski definition) is 3. The van der Waals surface area contributed by atoms with Crippen LogP contribution in [-0.2, 0) is 0 Å². The monoisotopic (exact) mass is 328 g/mol. The molecule has 0 fully saturated rings. The van der Waals surface area contributed by atoms with Gasteiger partial charge in [0.25, 0.3) is 5.91 Å². The van der Waals surface area contributed by atoms with Crippen molar-refractivity contribution in [2.24, 2.45) is 0 Å². The number of hydrogen-bond donors (Lipinski definition) is 1. The van der Waals surface area contributed by atoms with Crippen LogP contribution in [0.5, 0.6) is 0 Å². The van der Waals surface area contributed by atoms with Gasteiger partial charge < -0.3 is 9.73 Å². The van der Waals surface area contributed by atoms with E-state index in [4.69, 9.17) is 4.42 Å². The van der Waals surface area contributed by atoms with Gasteiger partial charge in [-0.05, 0) is 29.8 Å². The Kier molecular flexibility index (Phi) is 4.01. The number of rotatable bonds is 4. The van der Waals surface area contributed by atoms with E-state index in [1.165, 1.54) is 0 Å². The quantitative estimate of drug-likeness (QED) is 0.606. The lowest BCUT2D eigenvalue weighted by molar-refractivity contribution is 0.0939. The fourth-order valence-corrected chi connectivity index (χ4v) is 2.82. The number of amides is 1. The molecule has 2 heterocycles. The lowest BCUT2D eigenvalue weighted by atomic mass is 10.0. The largest absolute Gasteiger partial charge is 0.459 e. The number of nitrogens with zero attached hydrogens (tertiary/aromatic N) is 1. The first-order chi connectivity index (χ1) is 12.3. The maximum Gasteiger partial charge on any atom is 0.253 e. The Balaban J connectivity index is 1.73. The van der Waals surface area contributed by atoms with Crippen LogP contribution in [-0.4, -0.2) is 10.9 Å². The second kappa shape index (κ2) is 6.61. The van der Waals surface area contributed by atoms with Crippen molar-refractivity contribution in [1.29, 1.82) is 0 Å². The van der Waals surface area contributed by atoms with Gasteiger partial charge in [-0.15, -0.1) is 0 Å². The van der Waals surface area contributed by atoms with Gasteiger partial charge in [-0.25, -0.2) is 0 Å². The summed E-state index contributed by atoms with van der Waals surface area (Å²) < 4.78 is 5.99. The first kappa shape index (κ1) is 15.1. The standard InChI is InChI=1S/C21H16N2O2/c24-21(17-10-6-12-22-14-17)23-20(15-7-2-1-3-8-15)19-13-16-9-4-5-11-18(16)25-19/h1-14,20H,(H,23,24)/t20-/m1/s1. The fraction of sp³-hybridized carbons (Fsp3) is 0.0476. The van der Waals surface area contributed by atoms with E-state index < -0.39 is 0 Å². The topological polar surface area (TPSA) is 55.1 Å². The predicted molar refractivity (Wildman–Crippen MR) is 96.2 cm³/mol. The first-order valence-electron chi connectivity index (χ1n) is 8.05. The molecule has 0 aliphatic carbocycles. The number of pyridine rings is 1. The zero-order valence-electron chi connectivity index (χ0n) is 13.4. The number of furan rings is 1. The molecule has 4 aromatic rings. The predicted octanol–water partition coefficient (Wildman–Crippen LogP) is 4.35. The van der Waals surface area contributed by atoms with Crippen LogP contribution in [0.25, 0.3) is 11.0 Å². The van der Waals surface area contributed by atoms with Crippen LogP contribution in [0.4, 0.5) is 0 Å². The molecule has 122 valence electrons. The molecule has 1 amide bonds. The van der Waals surface area contributed by atoms with Crippen molar-refractivity contribution in [3.05, 3.63) is 102 Å². The van der Waals surface area contributed by atoms with Crippen molar-refractivity contribution in [2.45, 2.75) is 6.04 Å². The zero-order chi connectivity index (χ0) is 17.1. The van der Waals surface area contributed by atoms with E-state index in [1.807, 2.05) is 60.7 Å². The molecule has 1 atom stereocenters. The molecule has 4 rings (SSSR count). The smallest absolute Gasteiger partial charge is 0.253 e. The van der Waals surface area contributed by atoms with Crippen molar-refractivity contribution in [1.82, 2.24) is 10.3 Å². The average Bonchev–Trinajstić information content (AvgIpc) is 3.11. The van der Waals surface area contributed by atoms with Gasteiger partial charge in [0, 0.05) is 17.8 Å². The Morgan fingerprint density at radius 2 is 1.76 bits per heavy atom. The van der Waals surface area contributed by atoms with E-state index in [0.717, 1.165) is 16.5 Å². The van der Waals surface area contributed by atoms with Crippen LogP contribution in [0.2, 0.25) is 0 Å². The zero-order valence-corrected chi connectivity index (χ0v) is 13.4. The Morgan fingerprint density at radius 3 is 2.52 bits per heavy atom. The number of aromatic nitrogens is 1. The van der Waals surface area contributed by atoms with Gasteiger partial charge in [0.1, 0.15) is 17.4 Å². The lowest BCUT2D eigenvalue weighted by Crippen LogP contribution is -2.29. The minimum absolute atomic E-state index is 0.192. The molecule has 0 spiro atoms. The summed E-state index contributed by atoms with van der Waals surface area (Å²) >= 11 is 0. The molecule has 0 saturated carbocycles. The Bertz CT molecular complexity index is 961. The van der Waals surface area contributed by atoms with Gasteiger partial charge in [-0.1, -0.05) is 48.5 Å². The Morgan fingerprint density at radius 1 is 0.960 bits per heavy atom. The van der Waals surface area contributed by atoms with Gasteiger partial charge in [-0.2, -0.15) is 0 Å². The molecule has 0 aliphatic rings. The van der Waals surface area contributed by atoms with E-state index in [1.54, 1.807) is 24.5 Å². The summed E-state index contributed by atoms with van der Waals surface area (Å²) in [6, 6.07) is 22.7. The summed E-state index contributed by atoms with van der Waals surface area (Å²) in [4.78, 5) is 16.6. The molecule has 4 heteroatoms. The molecule has 2 aromatic carbocycles. The maximum atomic E-state index is 12.6. The van der Waals surface area contributed by atoms with Gasteiger partial charge in [-0.3, -0.25) is 9.78 Å². The molecule has 0 aliphatic heterocycles. The summed E-state index contributed by atoms with van der Waals surface area (Å²) in [6.07, 6.45) is 3.20. The minimum Gasteiger partial charge on any atom is -0.459 e. The number of nitrogens with one attached hydrogen (secondary N) is 1. The van der Waals surface area contributed by atoms with Crippen LogP contribution in [0.15, 0.2) is 89.6 Å². The number of para-hydroxylation sites is 1. The summed E-state index contributed by atoms with van der Waals surface area (Å²) in [5.41, 5.74) is 2.27. The minimum atomic E-state index is -0.374. The summed E-state index contributed by atoms with van der Waals surface area (Å²) in [5, 5.41) is 4.06. The van der Waals surface area contributed by atoms with E-state index >= 15 is 0 Å². The summed E-state index contributed by atoms with van der Waals surface area (Å²) in [6.45, 7) is 0. The van der Waals surface area contributed by atoms with Crippen molar-refractivity contribution >= 4 is 16.9 Å². The van der Waals surface area contributed by atoms with Crippen LogP contribution in [0.1, 0.15) is 27.7 Å². The van der Waals surface area contributed by atoms with E-state index in [9.17, 15) is 4.79 Å². The Labute approximate surface area is 145 Å². The molecule has 2 aromatic heterocycles. The third-order valence-electron chi connectivity index (χ3n) is 4.06. The van der Waals surface area contributed by atoms with E-state index in [-0.39, 0.29) is 11.9 Å². The molecule has 1 N–H and O–H groups in total. The highest BCUT2D eigenvalue weighted by Gasteiger charge is 2.21. The van der Waals surface area contributed by atoms with Crippen molar-refractivity contribution in [3.8, 4) is 0 Å². The fourth-order valence-electron chi connectivity index (χ4n) is 2.82. The van der Waals surface area contributed by atoms with Gasteiger partial charge in [0.05, 0.1) is 5.56 Å². The van der Waals surface area contributed by atoms with Crippen LogP contribution >= 0.6 is 0 Å². The molecule has 25 heavy (non-hydrogen) atoms. The summed E-state index contributed by atoms with van der Waals surface area (Å²) in [7, 11) is 0. The molecule has 0 radical (unpaired) electrons. The van der Waals surface area contributed by atoms with Crippen molar-refractivity contribution < 1.29 is 9.21 Å². The highest BCUT2D eigenvalue weighted by molar-refractivity contribution is 5.94. The molecular weight excluding hydrogens is 312 g/mol. The van der Waals surface area contributed by atoms with Gasteiger partial charge in [0.15, 0.2) is 0 Å². The van der Waals surface area contributed by atoms with Crippen molar-refractivity contribution in [2.75, 3.05) is 0 Å². The lowest BCUT2D eigenvalue weighted by Gasteiger charge is -2.17. The molecule has 0 saturated heterocycles. The van der Waals surface area contributed by atoms with Crippen LogP contribution < -0.4 is 5.32 Å². The van der Waals surface area contributed by atoms with Gasteiger partial charge in [0.2, 0.25) is 0 Å². The summed E-state index contributed by atoms with van der Waals surface area (Å²) in [5.74, 6) is 0.507. The molecular formula is C21H16N2O2. The maximum absolute atomic E-state index is 12.6. The Hall–Kier alpha value is -3.40. The van der Waals surface area contributed by atoms with E-state index in [0.29, 0.717) is 11.3 Å².